The molecule has 1 aliphatic carbocycles. The predicted octanol–water partition coefficient (Wildman–Crippen LogP) is 5.03. The molecular weight excluding hydrogens is 332 g/mol. The highest BCUT2D eigenvalue weighted by molar-refractivity contribution is 5.99. The number of benzene rings is 3. The Bertz CT molecular complexity index is 991. The summed E-state index contributed by atoms with van der Waals surface area (Å²) in [7, 11) is 0. The van der Waals surface area contributed by atoms with Crippen molar-refractivity contribution in [2.45, 2.75) is 31.1 Å². The third-order valence-corrected chi connectivity index (χ3v) is 5.90. The fraction of sp³-hybridized carbons (Fsp3) is 0.200. The molecule has 0 aliphatic heterocycles. The lowest BCUT2D eigenvalue weighted by Crippen LogP contribution is -2.40. The third-order valence-electron chi connectivity index (χ3n) is 5.90. The van der Waals surface area contributed by atoms with Crippen LogP contribution in [-0.2, 0) is 15.0 Å². The van der Waals surface area contributed by atoms with Crippen molar-refractivity contribution in [3.8, 4) is 0 Å². The van der Waals surface area contributed by atoms with Gasteiger partial charge >= 0.3 is 0 Å². The SMILES string of the molecule is CC(=O)[C@@H]1c2ccccc2[C@@](C(C)=O)(c2ccccc2)[C@@H]1c1ccccc1. The van der Waals surface area contributed by atoms with Crippen LogP contribution in [0.3, 0.4) is 0 Å². The zero-order valence-electron chi connectivity index (χ0n) is 15.6. The molecule has 0 saturated heterocycles. The van der Waals surface area contributed by atoms with Crippen LogP contribution < -0.4 is 0 Å². The summed E-state index contributed by atoms with van der Waals surface area (Å²) in [6, 6.07) is 27.8. The molecule has 0 radical (unpaired) electrons. The van der Waals surface area contributed by atoms with E-state index in [1.54, 1.807) is 13.8 Å². The van der Waals surface area contributed by atoms with Crippen molar-refractivity contribution in [1.82, 2.24) is 0 Å². The van der Waals surface area contributed by atoms with E-state index >= 15 is 0 Å². The molecule has 0 aromatic heterocycles. The van der Waals surface area contributed by atoms with E-state index < -0.39 is 5.41 Å². The second-order valence-electron chi connectivity index (χ2n) is 7.29. The number of carbonyl (C=O) groups excluding carboxylic acids is 2. The maximum atomic E-state index is 13.4. The number of carbonyl (C=O) groups is 2. The molecule has 3 aromatic carbocycles. The van der Waals surface area contributed by atoms with Crippen LogP contribution in [0.2, 0.25) is 0 Å². The smallest absolute Gasteiger partial charge is 0.145 e. The van der Waals surface area contributed by atoms with Gasteiger partial charge in [0.2, 0.25) is 0 Å². The first-order chi connectivity index (χ1) is 13.1. The molecule has 0 fully saturated rings. The molecule has 0 N–H and O–H groups in total. The second kappa shape index (κ2) is 6.62. The Kier molecular flexibility index (Phi) is 4.27. The Morgan fingerprint density at radius 3 is 1.89 bits per heavy atom. The van der Waals surface area contributed by atoms with Crippen molar-refractivity contribution >= 4 is 11.6 Å². The van der Waals surface area contributed by atoms with E-state index in [1.807, 2.05) is 84.9 Å². The molecule has 4 rings (SSSR count). The van der Waals surface area contributed by atoms with Gasteiger partial charge in [0.1, 0.15) is 11.6 Å². The van der Waals surface area contributed by atoms with Gasteiger partial charge in [-0.25, -0.2) is 0 Å². The van der Waals surface area contributed by atoms with Gasteiger partial charge in [-0.1, -0.05) is 84.9 Å². The van der Waals surface area contributed by atoms with Gasteiger partial charge in [-0.3, -0.25) is 9.59 Å². The van der Waals surface area contributed by atoms with Crippen molar-refractivity contribution in [3.63, 3.8) is 0 Å². The van der Waals surface area contributed by atoms with E-state index in [0.29, 0.717) is 0 Å². The Balaban J connectivity index is 2.13. The van der Waals surface area contributed by atoms with E-state index in [9.17, 15) is 9.59 Å². The Morgan fingerprint density at radius 2 is 1.30 bits per heavy atom. The van der Waals surface area contributed by atoms with Gasteiger partial charge in [-0.05, 0) is 36.1 Å². The minimum absolute atomic E-state index is 0.0683. The predicted molar refractivity (Wildman–Crippen MR) is 107 cm³/mol. The summed E-state index contributed by atoms with van der Waals surface area (Å²) >= 11 is 0. The van der Waals surface area contributed by atoms with Crippen LogP contribution in [0.15, 0.2) is 84.9 Å². The monoisotopic (exact) mass is 354 g/mol. The Hall–Kier alpha value is -3.00. The Morgan fingerprint density at radius 1 is 0.741 bits per heavy atom. The lowest BCUT2D eigenvalue weighted by Gasteiger charge is -2.37. The second-order valence-corrected chi connectivity index (χ2v) is 7.29. The number of hydrogen-bond donors (Lipinski definition) is 0. The van der Waals surface area contributed by atoms with E-state index in [2.05, 4.69) is 0 Å². The first-order valence-electron chi connectivity index (χ1n) is 9.29. The van der Waals surface area contributed by atoms with Gasteiger partial charge in [0.25, 0.3) is 0 Å². The van der Waals surface area contributed by atoms with Crippen LogP contribution in [-0.4, -0.2) is 11.6 Å². The molecule has 0 saturated carbocycles. The lowest BCUT2D eigenvalue weighted by molar-refractivity contribution is -0.122. The number of fused-ring (bicyclic) bond motifs is 1. The summed E-state index contributed by atoms with van der Waals surface area (Å²) in [5.74, 6) is -0.435. The van der Waals surface area contributed by atoms with Crippen molar-refractivity contribution in [2.24, 2.45) is 0 Å². The molecule has 2 nitrogen and oxygen atoms in total. The summed E-state index contributed by atoms with van der Waals surface area (Å²) in [5, 5.41) is 0. The van der Waals surface area contributed by atoms with E-state index in [1.165, 1.54) is 0 Å². The number of ketones is 2. The molecule has 3 atom stereocenters. The Labute approximate surface area is 159 Å². The largest absolute Gasteiger partial charge is 0.299 e. The van der Waals surface area contributed by atoms with Crippen LogP contribution >= 0.6 is 0 Å². The molecule has 3 aromatic rings. The number of Topliss-reactive ketones (excluding diaryl/α,β-unsaturated/α-hetero) is 2. The lowest BCUT2D eigenvalue weighted by atomic mass is 9.63. The number of hydrogen-bond acceptors (Lipinski definition) is 2. The van der Waals surface area contributed by atoms with E-state index in [-0.39, 0.29) is 23.4 Å². The van der Waals surface area contributed by atoms with Gasteiger partial charge in [-0.2, -0.15) is 0 Å². The minimum atomic E-state index is -0.866. The van der Waals surface area contributed by atoms with Crippen LogP contribution in [0.25, 0.3) is 0 Å². The molecule has 1 aliphatic rings. The molecule has 0 spiro atoms. The normalized spacial score (nSPS) is 23.6. The van der Waals surface area contributed by atoms with E-state index in [0.717, 1.165) is 22.3 Å². The first kappa shape index (κ1) is 17.4. The maximum Gasteiger partial charge on any atom is 0.145 e. The van der Waals surface area contributed by atoms with Gasteiger partial charge in [0.15, 0.2) is 0 Å². The molecule has 0 unspecified atom stereocenters. The van der Waals surface area contributed by atoms with Crippen molar-refractivity contribution in [1.29, 1.82) is 0 Å². The minimum Gasteiger partial charge on any atom is -0.299 e. The highest BCUT2D eigenvalue weighted by Gasteiger charge is 2.57. The molecule has 0 bridgehead atoms. The maximum absolute atomic E-state index is 13.4. The summed E-state index contributed by atoms with van der Waals surface area (Å²) in [6.07, 6.45) is 0. The molecule has 134 valence electrons. The molecule has 0 amide bonds. The first-order valence-corrected chi connectivity index (χ1v) is 9.29. The average Bonchev–Trinajstić information content (AvgIpc) is 3.01. The van der Waals surface area contributed by atoms with Crippen molar-refractivity contribution in [3.05, 3.63) is 107 Å². The van der Waals surface area contributed by atoms with E-state index in [4.69, 9.17) is 0 Å². The van der Waals surface area contributed by atoms with Crippen LogP contribution in [0.5, 0.6) is 0 Å². The van der Waals surface area contributed by atoms with Crippen LogP contribution in [0.4, 0.5) is 0 Å². The molecular formula is C25H22O2. The fourth-order valence-electron chi connectivity index (χ4n) is 4.93. The third kappa shape index (κ3) is 2.48. The summed E-state index contributed by atoms with van der Waals surface area (Å²) in [6.45, 7) is 3.29. The number of rotatable bonds is 4. The molecule has 2 heteroatoms. The zero-order valence-corrected chi connectivity index (χ0v) is 15.6. The van der Waals surface area contributed by atoms with Crippen LogP contribution in [0.1, 0.15) is 47.9 Å². The highest BCUT2D eigenvalue weighted by Crippen LogP contribution is 2.59. The summed E-state index contributed by atoms with van der Waals surface area (Å²) < 4.78 is 0. The standard InChI is InChI=1S/C25H22O2/c1-17(26)23-21-15-9-10-16-22(21)25(18(2)27,20-13-7-4-8-14-20)24(23)19-11-5-3-6-12-19/h3-16,23-24H,1-2H3/t23-,24-,25-/m1/s1. The molecule has 0 heterocycles. The molecule has 27 heavy (non-hydrogen) atoms. The highest BCUT2D eigenvalue weighted by atomic mass is 16.1. The average molecular weight is 354 g/mol. The zero-order chi connectivity index (χ0) is 19.0. The van der Waals surface area contributed by atoms with Crippen LogP contribution in [0, 0.1) is 0 Å². The van der Waals surface area contributed by atoms with Crippen molar-refractivity contribution < 1.29 is 9.59 Å². The quantitative estimate of drug-likeness (QED) is 0.658. The van der Waals surface area contributed by atoms with Gasteiger partial charge < -0.3 is 0 Å². The van der Waals surface area contributed by atoms with Gasteiger partial charge in [0.05, 0.1) is 11.3 Å². The summed E-state index contributed by atoms with van der Waals surface area (Å²) in [4.78, 5) is 26.2. The van der Waals surface area contributed by atoms with Crippen molar-refractivity contribution in [2.75, 3.05) is 0 Å². The van der Waals surface area contributed by atoms with Gasteiger partial charge in [-0.15, -0.1) is 0 Å². The fourth-order valence-corrected chi connectivity index (χ4v) is 4.93. The van der Waals surface area contributed by atoms with Gasteiger partial charge in [0, 0.05) is 5.92 Å². The summed E-state index contributed by atoms with van der Waals surface area (Å²) in [5.41, 5.74) is 3.03. The topological polar surface area (TPSA) is 34.1 Å².